The molecule has 0 aliphatic rings. The summed E-state index contributed by atoms with van der Waals surface area (Å²) < 4.78 is 5.52. The molecule has 0 aliphatic heterocycles. The zero-order chi connectivity index (χ0) is 15.0. The standard InChI is InChI=1S/C14H26N4OS.HI/c1-10(2)9-19-7-6-16-14(15-5)17-8-13-11(3)18-12(4)20-13;/h10H,6-9H2,1-5H3,(H2,15,16,17);1H. The van der Waals surface area contributed by atoms with Gasteiger partial charge >= 0.3 is 0 Å². The van der Waals surface area contributed by atoms with Crippen LogP contribution < -0.4 is 10.6 Å². The maximum absolute atomic E-state index is 5.52. The second-order valence-corrected chi connectivity index (χ2v) is 6.35. The van der Waals surface area contributed by atoms with Gasteiger partial charge in [0.2, 0.25) is 0 Å². The quantitative estimate of drug-likeness (QED) is 0.305. The zero-order valence-electron chi connectivity index (χ0n) is 13.5. The van der Waals surface area contributed by atoms with Crippen LogP contribution in [0.2, 0.25) is 0 Å². The van der Waals surface area contributed by atoms with Crippen molar-refractivity contribution in [3.05, 3.63) is 15.6 Å². The van der Waals surface area contributed by atoms with Crippen molar-refractivity contribution in [1.29, 1.82) is 0 Å². The number of rotatable bonds is 7. The molecule has 1 aromatic heterocycles. The maximum Gasteiger partial charge on any atom is 0.191 e. The SMILES string of the molecule is CN=C(NCCOCC(C)C)NCc1sc(C)nc1C.I. The number of hydrogen-bond acceptors (Lipinski definition) is 4. The molecule has 0 bridgehead atoms. The van der Waals surface area contributed by atoms with E-state index in [9.17, 15) is 0 Å². The minimum atomic E-state index is 0. The summed E-state index contributed by atoms with van der Waals surface area (Å²) in [5.74, 6) is 1.37. The summed E-state index contributed by atoms with van der Waals surface area (Å²) in [5, 5.41) is 7.63. The summed E-state index contributed by atoms with van der Waals surface area (Å²) in [6.45, 7) is 11.4. The van der Waals surface area contributed by atoms with Gasteiger partial charge in [0.05, 0.1) is 23.9 Å². The molecule has 0 aliphatic carbocycles. The molecule has 1 aromatic rings. The Balaban J connectivity index is 0.00000400. The summed E-state index contributed by atoms with van der Waals surface area (Å²) >= 11 is 1.72. The number of aliphatic imine (C=N–C) groups is 1. The van der Waals surface area contributed by atoms with E-state index in [2.05, 4.69) is 34.5 Å². The van der Waals surface area contributed by atoms with Crippen molar-refractivity contribution in [3.8, 4) is 0 Å². The first-order chi connectivity index (χ1) is 9.52. The minimum Gasteiger partial charge on any atom is -0.379 e. The third-order valence-electron chi connectivity index (χ3n) is 2.63. The first-order valence-electron chi connectivity index (χ1n) is 6.98. The molecule has 7 heteroatoms. The van der Waals surface area contributed by atoms with Gasteiger partial charge in [-0.1, -0.05) is 13.8 Å². The van der Waals surface area contributed by atoms with Crippen molar-refractivity contribution < 1.29 is 4.74 Å². The number of aryl methyl sites for hydroxylation is 2. The largest absolute Gasteiger partial charge is 0.379 e. The number of nitrogens with zero attached hydrogens (tertiary/aromatic N) is 2. The van der Waals surface area contributed by atoms with Crippen molar-refractivity contribution in [3.63, 3.8) is 0 Å². The van der Waals surface area contributed by atoms with Crippen LogP contribution in [-0.2, 0) is 11.3 Å². The maximum atomic E-state index is 5.52. The van der Waals surface area contributed by atoms with Gasteiger partial charge in [-0.2, -0.15) is 0 Å². The van der Waals surface area contributed by atoms with Crippen LogP contribution in [0.25, 0.3) is 0 Å². The van der Waals surface area contributed by atoms with Crippen molar-refractivity contribution in [2.24, 2.45) is 10.9 Å². The Bertz CT molecular complexity index is 435. The molecule has 0 radical (unpaired) electrons. The fourth-order valence-electron chi connectivity index (χ4n) is 1.68. The molecule has 0 saturated carbocycles. The molecular formula is C14H27IN4OS. The monoisotopic (exact) mass is 426 g/mol. The molecule has 0 fully saturated rings. The Morgan fingerprint density at radius 2 is 2.05 bits per heavy atom. The topological polar surface area (TPSA) is 58.5 Å². The lowest BCUT2D eigenvalue weighted by atomic mass is 10.2. The molecule has 21 heavy (non-hydrogen) atoms. The van der Waals surface area contributed by atoms with E-state index in [-0.39, 0.29) is 24.0 Å². The number of nitrogens with one attached hydrogen (secondary N) is 2. The Kier molecular flexibility index (Phi) is 11.0. The highest BCUT2D eigenvalue weighted by Crippen LogP contribution is 2.16. The van der Waals surface area contributed by atoms with Crippen LogP contribution in [0.3, 0.4) is 0 Å². The number of hydrogen-bond donors (Lipinski definition) is 2. The van der Waals surface area contributed by atoms with Gasteiger partial charge in [0, 0.05) is 25.1 Å². The number of aromatic nitrogens is 1. The van der Waals surface area contributed by atoms with Crippen LogP contribution >= 0.6 is 35.3 Å². The Labute approximate surface area is 149 Å². The second-order valence-electron chi connectivity index (χ2n) is 5.06. The highest BCUT2D eigenvalue weighted by atomic mass is 127. The fourth-order valence-corrected chi connectivity index (χ4v) is 2.56. The average Bonchev–Trinajstić information content (AvgIpc) is 2.71. The van der Waals surface area contributed by atoms with E-state index < -0.39 is 0 Å². The molecule has 1 rings (SSSR count). The number of ether oxygens (including phenoxy) is 1. The van der Waals surface area contributed by atoms with E-state index in [1.165, 1.54) is 4.88 Å². The van der Waals surface area contributed by atoms with Gasteiger partial charge in [-0.25, -0.2) is 4.98 Å². The van der Waals surface area contributed by atoms with Gasteiger partial charge in [0.15, 0.2) is 5.96 Å². The van der Waals surface area contributed by atoms with Crippen LogP contribution in [0.1, 0.15) is 29.4 Å². The summed E-state index contributed by atoms with van der Waals surface area (Å²) in [4.78, 5) is 9.86. The molecule has 0 aromatic carbocycles. The second kappa shape index (κ2) is 11.2. The summed E-state index contributed by atoms with van der Waals surface area (Å²) in [6, 6.07) is 0. The highest BCUT2D eigenvalue weighted by molar-refractivity contribution is 14.0. The smallest absolute Gasteiger partial charge is 0.191 e. The van der Waals surface area contributed by atoms with E-state index in [1.807, 2.05) is 13.8 Å². The van der Waals surface area contributed by atoms with Crippen molar-refractivity contribution in [2.75, 3.05) is 26.8 Å². The number of halogens is 1. The fraction of sp³-hybridized carbons (Fsp3) is 0.714. The van der Waals surface area contributed by atoms with E-state index >= 15 is 0 Å². The van der Waals surface area contributed by atoms with Gasteiger partial charge < -0.3 is 15.4 Å². The van der Waals surface area contributed by atoms with Gasteiger partial charge in [-0.15, -0.1) is 35.3 Å². The van der Waals surface area contributed by atoms with Crippen LogP contribution in [0.5, 0.6) is 0 Å². The lowest BCUT2D eigenvalue weighted by molar-refractivity contribution is 0.114. The summed E-state index contributed by atoms with van der Waals surface area (Å²) in [7, 11) is 1.77. The summed E-state index contributed by atoms with van der Waals surface area (Å²) in [6.07, 6.45) is 0. The van der Waals surface area contributed by atoms with E-state index in [4.69, 9.17) is 4.74 Å². The number of guanidine groups is 1. The highest BCUT2D eigenvalue weighted by Gasteiger charge is 2.05. The molecule has 0 spiro atoms. The van der Waals surface area contributed by atoms with Gasteiger partial charge in [0.1, 0.15) is 0 Å². The Hall–Kier alpha value is -0.410. The lowest BCUT2D eigenvalue weighted by Gasteiger charge is -2.12. The van der Waals surface area contributed by atoms with Crippen molar-refractivity contribution in [2.45, 2.75) is 34.2 Å². The van der Waals surface area contributed by atoms with E-state index in [1.54, 1.807) is 18.4 Å². The van der Waals surface area contributed by atoms with Crippen LogP contribution in [-0.4, -0.2) is 37.7 Å². The normalized spacial score (nSPS) is 11.4. The molecule has 2 N–H and O–H groups in total. The Morgan fingerprint density at radius 1 is 1.33 bits per heavy atom. The van der Waals surface area contributed by atoms with Crippen molar-refractivity contribution >= 4 is 41.3 Å². The van der Waals surface area contributed by atoms with E-state index in [0.717, 1.165) is 36.4 Å². The van der Waals surface area contributed by atoms with Crippen LogP contribution in [0, 0.1) is 19.8 Å². The molecule has 1 heterocycles. The molecule has 122 valence electrons. The predicted octanol–water partition coefficient (Wildman–Crippen LogP) is 2.72. The van der Waals surface area contributed by atoms with Gasteiger partial charge in [-0.3, -0.25) is 4.99 Å². The average molecular weight is 426 g/mol. The van der Waals surface area contributed by atoms with E-state index in [0.29, 0.717) is 12.5 Å². The molecule has 0 saturated heterocycles. The third-order valence-corrected chi connectivity index (χ3v) is 3.70. The first-order valence-corrected chi connectivity index (χ1v) is 7.79. The Morgan fingerprint density at radius 3 is 2.57 bits per heavy atom. The molecule has 5 nitrogen and oxygen atoms in total. The minimum absolute atomic E-state index is 0. The molecule has 0 amide bonds. The lowest BCUT2D eigenvalue weighted by Crippen LogP contribution is -2.38. The molecule has 0 atom stereocenters. The van der Waals surface area contributed by atoms with Crippen molar-refractivity contribution in [1.82, 2.24) is 15.6 Å². The third kappa shape index (κ3) is 8.57. The van der Waals surface area contributed by atoms with Gasteiger partial charge in [-0.05, 0) is 19.8 Å². The molecular weight excluding hydrogens is 399 g/mol. The molecule has 0 unspecified atom stereocenters. The van der Waals surface area contributed by atoms with Gasteiger partial charge in [0.25, 0.3) is 0 Å². The number of thiazole rings is 1. The first kappa shape index (κ1) is 20.6. The van der Waals surface area contributed by atoms with Crippen LogP contribution in [0.4, 0.5) is 0 Å². The van der Waals surface area contributed by atoms with Crippen LogP contribution in [0.15, 0.2) is 4.99 Å². The predicted molar refractivity (Wildman–Crippen MR) is 101 cm³/mol. The zero-order valence-corrected chi connectivity index (χ0v) is 16.7. The summed E-state index contributed by atoms with van der Waals surface area (Å²) in [5.41, 5.74) is 1.09.